The van der Waals surface area contributed by atoms with Crippen LogP contribution in [0.5, 0.6) is 5.75 Å². The first-order valence-electron chi connectivity index (χ1n) is 16.7. The number of nitrogens with one attached hydrogen (secondary N) is 3. The molecular formula is C42H28ClN6O5-. The lowest BCUT2D eigenvalue weighted by Gasteiger charge is -2.19. The summed E-state index contributed by atoms with van der Waals surface area (Å²) in [5.74, 6) is -1.00. The van der Waals surface area contributed by atoms with Gasteiger partial charge in [-0.2, -0.15) is 0 Å². The molecule has 3 heterocycles. The van der Waals surface area contributed by atoms with Gasteiger partial charge in [0.25, 0.3) is 5.91 Å². The van der Waals surface area contributed by atoms with Gasteiger partial charge in [-0.1, -0.05) is 48.0 Å². The van der Waals surface area contributed by atoms with E-state index in [0.29, 0.717) is 56.2 Å². The van der Waals surface area contributed by atoms with Crippen LogP contribution in [0.2, 0.25) is 5.02 Å². The van der Waals surface area contributed by atoms with E-state index in [4.69, 9.17) is 32.1 Å². The molecule has 0 radical (unpaired) electrons. The molecule has 1 aliphatic heterocycles. The van der Waals surface area contributed by atoms with E-state index in [2.05, 4.69) is 15.3 Å². The second-order valence-electron chi connectivity index (χ2n) is 12.6. The van der Waals surface area contributed by atoms with Gasteiger partial charge in [0.1, 0.15) is 22.9 Å². The minimum absolute atomic E-state index is 0.0535. The molecule has 1 aliphatic carbocycles. The number of imidazole rings is 1. The number of H-pyrrole nitrogens is 1. The van der Waals surface area contributed by atoms with E-state index in [1.807, 2.05) is 36.4 Å². The van der Waals surface area contributed by atoms with Crippen molar-refractivity contribution in [2.24, 2.45) is 0 Å². The highest BCUT2D eigenvalue weighted by molar-refractivity contribution is 6.32. The van der Waals surface area contributed by atoms with Gasteiger partial charge >= 0.3 is 0 Å². The van der Waals surface area contributed by atoms with Crippen molar-refractivity contribution < 1.29 is 24.2 Å². The highest BCUT2D eigenvalue weighted by atomic mass is 35.5. The molecule has 2 aromatic heterocycles. The number of pyridine rings is 1. The Kier molecular flexibility index (Phi) is 8.60. The normalized spacial score (nSPS) is 11.2. The van der Waals surface area contributed by atoms with Gasteiger partial charge in [-0.3, -0.25) is 9.78 Å². The van der Waals surface area contributed by atoms with E-state index < -0.39 is 11.9 Å². The molecule has 2 aliphatic rings. The van der Waals surface area contributed by atoms with E-state index in [1.165, 1.54) is 6.07 Å². The van der Waals surface area contributed by atoms with Crippen molar-refractivity contribution in [3.63, 3.8) is 0 Å². The first-order valence-corrected chi connectivity index (χ1v) is 17.0. The van der Waals surface area contributed by atoms with Crippen LogP contribution in [-0.2, 0) is 6.54 Å². The summed E-state index contributed by atoms with van der Waals surface area (Å²) in [5.41, 5.74) is 12.8. The second kappa shape index (κ2) is 13.7. The lowest BCUT2D eigenvalue weighted by Crippen LogP contribution is -2.26. The molecule has 0 saturated heterocycles. The van der Waals surface area contributed by atoms with Gasteiger partial charge in [0, 0.05) is 81.1 Å². The number of aromatic carboxylic acids is 1. The van der Waals surface area contributed by atoms with Crippen molar-refractivity contribution in [1.29, 1.82) is 5.41 Å². The highest BCUT2D eigenvalue weighted by Crippen LogP contribution is 2.42. The second-order valence-corrected chi connectivity index (χ2v) is 13.0. The number of aromatic hydroxyl groups is 1. The third-order valence-corrected chi connectivity index (χ3v) is 9.41. The minimum atomic E-state index is -1.45. The zero-order valence-corrected chi connectivity index (χ0v) is 28.9. The predicted molar refractivity (Wildman–Crippen MR) is 203 cm³/mol. The molecule has 6 aromatic rings. The molecule has 11 nitrogen and oxygen atoms in total. The average molecular weight is 732 g/mol. The quantitative estimate of drug-likeness (QED) is 0.0811. The van der Waals surface area contributed by atoms with Gasteiger partial charge in [0.2, 0.25) is 0 Å². The number of anilines is 1. The average Bonchev–Trinajstić information content (AvgIpc) is 3.63. The first kappa shape index (κ1) is 33.9. The standard InChI is InChI=1S/C42H29ClN6O5/c43-33-12-6-25(18-34(33)50)39-38(23-13-15-46-16-14-23)48-40(49-39)24-3-1-22(2-4-24)21-47-41(51)26-5-9-29(32(17-26)42(52)53)37-30-10-7-27(44)19-35(30)54-36-20-28(45)8-11-31(36)37/h1-20,44,50H,21,45H2,(H,47,51)(H,48,49)(H,52,53)/p-1. The van der Waals surface area contributed by atoms with Crippen LogP contribution in [0.3, 0.4) is 0 Å². The largest absolute Gasteiger partial charge is 0.545 e. The maximum atomic E-state index is 13.4. The number of phenolic OH excluding ortho intramolecular Hbond substituents is 1. The number of nitrogens with two attached hydrogens (primary N) is 1. The summed E-state index contributed by atoms with van der Waals surface area (Å²) in [5, 5.41) is 34.8. The van der Waals surface area contributed by atoms with Crippen LogP contribution < -0.4 is 21.5 Å². The number of aromatic nitrogens is 3. The van der Waals surface area contributed by atoms with Gasteiger partial charge < -0.3 is 40.9 Å². The van der Waals surface area contributed by atoms with Gasteiger partial charge in [0.15, 0.2) is 0 Å². The lowest BCUT2D eigenvalue weighted by molar-refractivity contribution is -0.254. The number of carbonyl (C=O) groups excluding carboxylic acids is 2. The molecule has 264 valence electrons. The number of amides is 1. The molecule has 0 spiro atoms. The number of fused-ring (bicyclic) bond motifs is 2. The Labute approximate surface area is 312 Å². The number of nitrogen functional groups attached to an aromatic ring is 1. The molecule has 8 rings (SSSR count). The fourth-order valence-corrected chi connectivity index (χ4v) is 6.56. The van der Waals surface area contributed by atoms with E-state index in [0.717, 1.165) is 22.4 Å². The van der Waals surface area contributed by atoms with Crippen molar-refractivity contribution in [1.82, 2.24) is 20.3 Å². The molecule has 0 unspecified atom stereocenters. The summed E-state index contributed by atoms with van der Waals surface area (Å²) in [6, 6.07) is 30.5. The number of carboxylic acid groups (broad SMARTS) is 1. The maximum absolute atomic E-state index is 13.4. The van der Waals surface area contributed by atoms with Crippen LogP contribution in [0.1, 0.15) is 26.3 Å². The van der Waals surface area contributed by atoms with Crippen LogP contribution in [0.4, 0.5) is 5.69 Å². The Balaban J connectivity index is 1.05. The monoisotopic (exact) mass is 731 g/mol. The van der Waals surface area contributed by atoms with E-state index in [-0.39, 0.29) is 33.8 Å². The number of aromatic amines is 1. The summed E-state index contributed by atoms with van der Waals surface area (Å²) in [6.07, 6.45) is 3.37. The Morgan fingerprint density at radius 3 is 2.39 bits per heavy atom. The zero-order valence-electron chi connectivity index (χ0n) is 28.2. The van der Waals surface area contributed by atoms with Crippen molar-refractivity contribution in [2.75, 3.05) is 5.73 Å². The number of hydrogen-bond donors (Lipinski definition) is 5. The van der Waals surface area contributed by atoms with Crippen LogP contribution in [0.25, 0.3) is 67.3 Å². The van der Waals surface area contributed by atoms with E-state index in [9.17, 15) is 19.8 Å². The number of hydrogen-bond acceptors (Lipinski definition) is 9. The van der Waals surface area contributed by atoms with Crippen molar-refractivity contribution in [3.8, 4) is 62.1 Å². The third kappa shape index (κ3) is 6.40. The van der Waals surface area contributed by atoms with Crippen molar-refractivity contribution >= 4 is 40.1 Å². The lowest BCUT2D eigenvalue weighted by atomic mass is 9.89. The number of carboxylic acids is 1. The maximum Gasteiger partial charge on any atom is 0.251 e. The summed E-state index contributed by atoms with van der Waals surface area (Å²) >= 11 is 6.06. The SMILES string of the molecule is N=c1ccc2c(-c3ccc(C(=O)NCc4ccc(-c5nc(-c6ccc(Cl)c(O)c6)c(-c6ccncc6)[nH]5)cc4)cc3C(=O)[O-])c3ccc(N)cc3oc-2c1. The Bertz CT molecular complexity index is 2780. The zero-order chi connectivity index (χ0) is 37.5. The van der Waals surface area contributed by atoms with Crippen molar-refractivity contribution in [2.45, 2.75) is 6.54 Å². The topological polar surface area (TPSA) is 194 Å². The fraction of sp³-hybridized carbons (Fsp3) is 0.0238. The number of halogens is 1. The number of benzene rings is 5. The molecule has 4 aromatic carbocycles. The highest BCUT2D eigenvalue weighted by Gasteiger charge is 2.21. The molecule has 0 saturated carbocycles. The fourth-order valence-electron chi connectivity index (χ4n) is 6.44. The molecule has 0 bridgehead atoms. The Morgan fingerprint density at radius 1 is 0.870 bits per heavy atom. The minimum Gasteiger partial charge on any atom is -0.545 e. The molecule has 6 N–H and O–H groups in total. The smallest absolute Gasteiger partial charge is 0.251 e. The van der Waals surface area contributed by atoms with E-state index >= 15 is 0 Å². The molecule has 1 amide bonds. The number of rotatable bonds is 8. The van der Waals surface area contributed by atoms with E-state index in [1.54, 1.807) is 79.1 Å². The van der Waals surface area contributed by atoms with Crippen LogP contribution in [0.15, 0.2) is 126 Å². The first-order chi connectivity index (χ1) is 26.1. The molecular weight excluding hydrogens is 704 g/mol. The third-order valence-electron chi connectivity index (χ3n) is 9.09. The number of carbonyl (C=O) groups is 2. The number of phenols is 1. The Hall–Kier alpha value is -7.24. The summed E-state index contributed by atoms with van der Waals surface area (Å²) in [6.45, 7) is 0.170. The van der Waals surface area contributed by atoms with Gasteiger partial charge in [-0.15, -0.1) is 0 Å². The Morgan fingerprint density at radius 2 is 1.63 bits per heavy atom. The van der Waals surface area contributed by atoms with Crippen LogP contribution in [-0.4, -0.2) is 31.9 Å². The molecule has 54 heavy (non-hydrogen) atoms. The summed E-state index contributed by atoms with van der Waals surface area (Å²) in [7, 11) is 0. The van der Waals surface area contributed by atoms with Crippen molar-refractivity contribution in [3.05, 3.63) is 149 Å². The predicted octanol–water partition coefficient (Wildman–Crippen LogP) is 7.04. The molecule has 0 fully saturated rings. The van der Waals surface area contributed by atoms with Gasteiger partial charge in [-0.05, 0) is 71.8 Å². The summed E-state index contributed by atoms with van der Waals surface area (Å²) < 4.78 is 6.04. The van der Waals surface area contributed by atoms with Gasteiger partial charge in [-0.25, -0.2) is 4.98 Å². The number of nitrogens with zero attached hydrogens (tertiary/aromatic N) is 2. The van der Waals surface area contributed by atoms with Crippen LogP contribution >= 0.6 is 11.6 Å². The summed E-state index contributed by atoms with van der Waals surface area (Å²) in [4.78, 5) is 38.3. The van der Waals surface area contributed by atoms with Crippen LogP contribution in [0, 0.1) is 5.41 Å². The molecule has 12 heteroatoms. The molecule has 0 atom stereocenters. The van der Waals surface area contributed by atoms with Gasteiger partial charge in [0.05, 0.1) is 27.7 Å².